The zero-order valence-corrected chi connectivity index (χ0v) is 23.9. The maximum absolute atomic E-state index is 12.3. The fourth-order valence-corrected chi connectivity index (χ4v) is 3.64. The van der Waals surface area contributed by atoms with Gasteiger partial charge >= 0.3 is 17.9 Å². The van der Waals surface area contributed by atoms with Crippen LogP contribution in [0.3, 0.4) is 0 Å². The van der Waals surface area contributed by atoms with E-state index < -0.39 is 17.9 Å². The molecule has 0 atom stereocenters. The maximum Gasteiger partial charge on any atom is 0.338 e. The highest BCUT2D eigenvalue weighted by molar-refractivity contribution is 5.89. The molecule has 44 heavy (non-hydrogen) atoms. The molecule has 0 fully saturated rings. The van der Waals surface area contributed by atoms with E-state index in [-0.39, 0.29) is 11.3 Å². The van der Waals surface area contributed by atoms with E-state index in [1.165, 1.54) is 0 Å². The van der Waals surface area contributed by atoms with Gasteiger partial charge in [-0.1, -0.05) is 67.7 Å². The molecule has 0 aliphatic rings. The van der Waals surface area contributed by atoms with Gasteiger partial charge in [0.2, 0.25) is 0 Å². The Hall–Kier alpha value is -6.37. The van der Waals surface area contributed by atoms with Crippen molar-refractivity contribution in [1.82, 2.24) is 0 Å². The van der Waals surface area contributed by atoms with Crippen molar-refractivity contribution in [2.75, 3.05) is 0 Å². The first kappa shape index (κ1) is 30.6. The Morgan fingerprint density at radius 3 is 1.55 bits per heavy atom. The number of hydrogen-bond acceptors (Lipinski definition) is 6. The summed E-state index contributed by atoms with van der Waals surface area (Å²) in [7, 11) is 0. The van der Waals surface area contributed by atoms with Gasteiger partial charge in [-0.3, -0.25) is 0 Å². The van der Waals surface area contributed by atoms with Gasteiger partial charge in [0.15, 0.2) is 0 Å². The third-order valence-electron chi connectivity index (χ3n) is 5.92. The molecule has 4 aromatic carbocycles. The summed E-state index contributed by atoms with van der Waals surface area (Å²) < 4.78 is 15.8. The number of rotatable bonds is 7. The number of carbonyl (C=O) groups excluding carboxylic acids is 3. The molecule has 0 spiro atoms. The molecule has 6 heteroatoms. The Bertz CT molecular complexity index is 1870. The largest absolute Gasteiger partial charge is 0.423 e. The highest BCUT2D eigenvalue weighted by Gasteiger charge is 2.10. The van der Waals surface area contributed by atoms with E-state index in [9.17, 15) is 14.4 Å². The Morgan fingerprint density at radius 1 is 0.591 bits per heavy atom. The van der Waals surface area contributed by atoms with Crippen molar-refractivity contribution < 1.29 is 28.6 Å². The van der Waals surface area contributed by atoms with Crippen LogP contribution in [0.5, 0.6) is 17.2 Å². The normalized spacial score (nSPS) is 9.66. The lowest BCUT2D eigenvalue weighted by molar-refractivity contribution is -0.130. The summed E-state index contributed by atoms with van der Waals surface area (Å²) in [6.07, 6.45) is 2.20. The van der Waals surface area contributed by atoms with Gasteiger partial charge in [-0.15, -0.1) is 0 Å². The van der Waals surface area contributed by atoms with Gasteiger partial charge < -0.3 is 14.2 Å². The third-order valence-corrected chi connectivity index (χ3v) is 5.92. The summed E-state index contributed by atoms with van der Waals surface area (Å²) in [5.41, 5.74) is 4.75. The van der Waals surface area contributed by atoms with Gasteiger partial charge in [0.25, 0.3) is 0 Å². The molecule has 4 rings (SSSR count). The second-order valence-electron chi connectivity index (χ2n) is 9.26. The summed E-state index contributed by atoms with van der Waals surface area (Å²) in [4.78, 5) is 35.1. The van der Waals surface area contributed by atoms with Crippen molar-refractivity contribution in [3.8, 4) is 52.1 Å². The minimum absolute atomic E-state index is 0.248. The predicted molar refractivity (Wildman–Crippen MR) is 169 cm³/mol. The Balaban J connectivity index is 1.52. The van der Waals surface area contributed by atoms with Gasteiger partial charge in [-0.05, 0) is 84.8 Å². The number of esters is 3. The van der Waals surface area contributed by atoms with Crippen molar-refractivity contribution >= 4 is 17.9 Å². The van der Waals surface area contributed by atoms with E-state index in [4.69, 9.17) is 14.2 Å². The van der Waals surface area contributed by atoms with Crippen molar-refractivity contribution in [2.24, 2.45) is 0 Å². The van der Waals surface area contributed by atoms with Crippen LogP contribution in [0.2, 0.25) is 0 Å². The quantitative estimate of drug-likeness (QED) is 0.104. The van der Waals surface area contributed by atoms with Crippen molar-refractivity contribution in [3.05, 3.63) is 151 Å². The monoisotopic (exact) mass is 578 g/mol. The highest BCUT2D eigenvalue weighted by atomic mass is 16.5. The Labute approximate surface area is 255 Å². The second kappa shape index (κ2) is 14.5. The number of benzene rings is 4. The Kier molecular flexibility index (Phi) is 10.1. The summed E-state index contributed by atoms with van der Waals surface area (Å²) in [5.74, 6) is 11.7. The molecule has 0 aliphatic carbocycles. The van der Waals surface area contributed by atoms with Crippen molar-refractivity contribution in [2.45, 2.75) is 6.92 Å². The first-order valence-corrected chi connectivity index (χ1v) is 13.3. The fraction of sp³-hybridized carbons (Fsp3) is 0.0263. The fourth-order valence-electron chi connectivity index (χ4n) is 3.64. The van der Waals surface area contributed by atoms with Crippen LogP contribution in [-0.4, -0.2) is 17.9 Å². The number of ether oxygens (including phenoxy) is 3. The molecular weight excluding hydrogens is 552 g/mol. The predicted octanol–water partition coefficient (Wildman–Crippen LogP) is 6.82. The molecular formula is C38H26O6. The van der Waals surface area contributed by atoms with Crippen LogP contribution in [0.1, 0.15) is 29.2 Å². The molecule has 0 amide bonds. The summed E-state index contributed by atoms with van der Waals surface area (Å²) in [5, 5.41) is 0. The molecule has 0 saturated heterocycles. The van der Waals surface area contributed by atoms with Crippen LogP contribution in [0.15, 0.2) is 128 Å². The smallest absolute Gasteiger partial charge is 0.338 e. The molecule has 0 unspecified atom stereocenters. The summed E-state index contributed by atoms with van der Waals surface area (Å²) in [6, 6.07) is 26.7. The molecule has 0 heterocycles. The van der Waals surface area contributed by atoms with Crippen molar-refractivity contribution in [3.63, 3.8) is 0 Å². The van der Waals surface area contributed by atoms with Crippen LogP contribution < -0.4 is 14.2 Å². The molecule has 214 valence electrons. The van der Waals surface area contributed by atoms with Gasteiger partial charge in [0, 0.05) is 34.4 Å². The zero-order valence-electron chi connectivity index (χ0n) is 23.9. The van der Waals surface area contributed by atoms with E-state index in [0.717, 1.165) is 28.8 Å². The lowest BCUT2D eigenvalue weighted by Crippen LogP contribution is -2.09. The first-order chi connectivity index (χ1) is 21.2. The Morgan fingerprint density at radius 2 is 1.02 bits per heavy atom. The standard InChI is InChI=1S/C38H26O6/c1-5-36(39)42-33-21-13-28(14-22-33)11-17-32-18-12-29(25-35(32)44-38(41)26(3)4)8-7-27-9-15-30(16-10-27)31-19-23-34(24-20-31)43-37(40)6-2/h5-6,9-10,12-16,18-25H,1-3H2,4H3. The molecule has 0 saturated carbocycles. The first-order valence-electron chi connectivity index (χ1n) is 13.3. The average Bonchev–Trinajstić information content (AvgIpc) is 3.04. The topological polar surface area (TPSA) is 78.9 Å². The molecule has 0 aromatic heterocycles. The van der Waals surface area contributed by atoms with Crippen molar-refractivity contribution in [1.29, 1.82) is 0 Å². The minimum Gasteiger partial charge on any atom is -0.423 e. The van der Waals surface area contributed by atoms with Crippen LogP contribution in [0, 0.1) is 23.7 Å². The maximum atomic E-state index is 12.3. The summed E-state index contributed by atoms with van der Waals surface area (Å²) >= 11 is 0. The molecule has 6 nitrogen and oxygen atoms in total. The average molecular weight is 579 g/mol. The summed E-state index contributed by atoms with van der Waals surface area (Å²) in [6.45, 7) is 12.0. The van der Waals surface area contributed by atoms with E-state index in [0.29, 0.717) is 28.2 Å². The second-order valence-corrected chi connectivity index (χ2v) is 9.26. The number of carbonyl (C=O) groups is 3. The minimum atomic E-state index is -0.575. The zero-order chi connectivity index (χ0) is 31.5. The van der Waals surface area contributed by atoms with E-state index in [1.807, 2.05) is 36.4 Å². The molecule has 0 N–H and O–H groups in total. The van der Waals surface area contributed by atoms with Gasteiger partial charge in [0.1, 0.15) is 17.2 Å². The SMILES string of the molecule is C=CC(=O)Oc1ccc(C#Cc2ccc(C#Cc3ccc(-c4ccc(OC(=O)C=C)cc4)cc3)cc2OC(=O)C(=C)C)cc1. The lowest BCUT2D eigenvalue weighted by Gasteiger charge is -2.07. The van der Waals surface area contributed by atoms with Crippen LogP contribution in [-0.2, 0) is 14.4 Å². The lowest BCUT2D eigenvalue weighted by atomic mass is 10.0. The van der Waals surface area contributed by atoms with Crippen LogP contribution in [0.4, 0.5) is 0 Å². The van der Waals surface area contributed by atoms with E-state index >= 15 is 0 Å². The molecule has 4 aromatic rings. The van der Waals surface area contributed by atoms with E-state index in [2.05, 4.69) is 43.4 Å². The van der Waals surface area contributed by atoms with Gasteiger partial charge in [-0.25, -0.2) is 14.4 Å². The number of hydrogen-bond donors (Lipinski definition) is 0. The molecule has 0 radical (unpaired) electrons. The van der Waals surface area contributed by atoms with Crippen LogP contribution in [0.25, 0.3) is 11.1 Å². The van der Waals surface area contributed by atoms with Gasteiger partial charge in [-0.2, -0.15) is 0 Å². The third kappa shape index (κ3) is 8.57. The highest BCUT2D eigenvalue weighted by Crippen LogP contribution is 2.24. The molecule has 0 bridgehead atoms. The molecule has 0 aliphatic heterocycles. The van der Waals surface area contributed by atoms with Crippen LogP contribution >= 0.6 is 0 Å². The van der Waals surface area contributed by atoms with E-state index in [1.54, 1.807) is 61.5 Å². The van der Waals surface area contributed by atoms with Gasteiger partial charge in [0.05, 0.1) is 5.56 Å².